The second-order valence-corrected chi connectivity index (χ2v) is 7.25. The number of carbonyl (C=O) groups is 1. The number of nitrogens with zero attached hydrogens (tertiary/aromatic N) is 3. The van der Waals surface area contributed by atoms with E-state index in [0.29, 0.717) is 30.8 Å². The van der Waals surface area contributed by atoms with E-state index < -0.39 is 0 Å². The number of hydrogen-bond acceptors (Lipinski definition) is 2. The molecule has 0 spiro atoms. The van der Waals surface area contributed by atoms with Gasteiger partial charge in [-0.05, 0) is 30.2 Å². The normalized spacial score (nSPS) is 11.2. The Morgan fingerprint density at radius 3 is 2.31 bits per heavy atom. The highest BCUT2D eigenvalue weighted by atomic mass is 16.2. The van der Waals surface area contributed by atoms with Gasteiger partial charge < -0.3 is 4.90 Å². The third-order valence-corrected chi connectivity index (χ3v) is 5.02. The van der Waals surface area contributed by atoms with Crippen LogP contribution in [-0.4, -0.2) is 27.1 Å². The van der Waals surface area contributed by atoms with Crippen LogP contribution >= 0.6 is 0 Å². The van der Waals surface area contributed by atoms with Gasteiger partial charge in [0.2, 0.25) is 0 Å². The number of benzene rings is 2. The monoisotopic (exact) mass is 423 g/mol. The third-order valence-electron chi connectivity index (χ3n) is 5.02. The molecule has 0 bridgehead atoms. The molecule has 1 aromatic heterocycles. The van der Waals surface area contributed by atoms with E-state index in [0.717, 1.165) is 16.9 Å². The average molecular weight is 424 g/mol. The van der Waals surface area contributed by atoms with E-state index in [1.54, 1.807) is 12.2 Å². The molecule has 0 aliphatic heterocycles. The lowest BCUT2D eigenvalue weighted by molar-refractivity contribution is 0.0761. The van der Waals surface area contributed by atoms with Crippen molar-refractivity contribution in [2.45, 2.75) is 19.9 Å². The van der Waals surface area contributed by atoms with Crippen molar-refractivity contribution >= 4 is 12.0 Å². The van der Waals surface area contributed by atoms with Crippen molar-refractivity contribution in [2.75, 3.05) is 6.54 Å². The molecule has 0 radical (unpaired) electrons. The number of aromatic nitrogens is 2. The predicted octanol–water partition coefficient (Wildman–Crippen LogP) is 6.02. The van der Waals surface area contributed by atoms with Gasteiger partial charge in [0.15, 0.2) is 0 Å². The van der Waals surface area contributed by atoms with Gasteiger partial charge in [-0.1, -0.05) is 92.4 Å². The van der Waals surface area contributed by atoms with E-state index in [1.807, 2.05) is 101 Å². The fraction of sp³-hybridized carbons (Fsp3) is 0.143. The SMILES string of the molecule is C=C/C=C\C=C\c1nn(-c2ccccc2)c(CC)c1C(=O)N(CC=C)Cc1ccccc1. The molecule has 0 aliphatic rings. The Morgan fingerprint density at radius 2 is 1.69 bits per heavy atom. The van der Waals surface area contributed by atoms with Crippen molar-refractivity contribution in [1.82, 2.24) is 14.7 Å². The first-order valence-electron chi connectivity index (χ1n) is 10.8. The smallest absolute Gasteiger partial charge is 0.258 e. The lowest BCUT2D eigenvalue weighted by atomic mass is 10.1. The molecule has 162 valence electrons. The fourth-order valence-corrected chi connectivity index (χ4v) is 3.56. The van der Waals surface area contributed by atoms with Gasteiger partial charge in [0.25, 0.3) is 5.91 Å². The molecule has 3 rings (SSSR count). The Kier molecular flexibility index (Phi) is 8.15. The van der Waals surface area contributed by atoms with Crippen LogP contribution in [0.4, 0.5) is 0 Å². The van der Waals surface area contributed by atoms with E-state index in [9.17, 15) is 4.79 Å². The Bertz CT molecular complexity index is 1110. The van der Waals surface area contributed by atoms with Crippen molar-refractivity contribution in [3.05, 3.63) is 127 Å². The van der Waals surface area contributed by atoms with Crippen LogP contribution in [0.15, 0.2) is 104 Å². The summed E-state index contributed by atoms with van der Waals surface area (Å²) in [5.74, 6) is -0.0554. The second-order valence-electron chi connectivity index (χ2n) is 7.25. The molecule has 0 saturated heterocycles. The summed E-state index contributed by atoms with van der Waals surface area (Å²) in [4.78, 5) is 15.6. The Labute approximate surface area is 190 Å². The van der Waals surface area contributed by atoms with Crippen LogP contribution in [-0.2, 0) is 13.0 Å². The first-order valence-corrected chi connectivity index (χ1v) is 10.8. The quantitative estimate of drug-likeness (QED) is 0.295. The predicted molar refractivity (Wildman–Crippen MR) is 133 cm³/mol. The van der Waals surface area contributed by atoms with Crippen molar-refractivity contribution < 1.29 is 4.79 Å². The zero-order valence-corrected chi connectivity index (χ0v) is 18.5. The Balaban J connectivity index is 2.09. The summed E-state index contributed by atoms with van der Waals surface area (Å²) in [7, 11) is 0. The molecule has 1 heterocycles. The molecule has 0 unspecified atom stereocenters. The molecule has 4 heteroatoms. The maximum atomic E-state index is 13.8. The Hall–Kier alpha value is -3.92. The molecule has 32 heavy (non-hydrogen) atoms. The van der Waals surface area contributed by atoms with Gasteiger partial charge in [-0.15, -0.1) is 6.58 Å². The second kappa shape index (κ2) is 11.5. The third kappa shape index (κ3) is 5.41. The highest BCUT2D eigenvalue weighted by Gasteiger charge is 2.26. The zero-order chi connectivity index (χ0) is 22.8. The molecule has 1 amide bonds. The van der Waals surface area contributed by atoms with Gasteiger partial charge in [0.05, 0.1) is 22.6 Å². The molecule has 0 saturated carbocycles. The lowest BCUT2D eigenvalue weighted by Crippen LogP contribution is -2.31. The molecule has 2 aromatic carbocycles. The minimum Gasteiger partial charge on any atom is -0.330 e. The van der Waals surface area contributed by atoms with Crippen LogP contribution in [0.25, 0.3) is 11.8 Å². The van der Waals surface area contributed by atoms with E-state index >= 15 is 0 Å². The summed E-state index contributed by atoms with van der Waals surface area (Å²) < 4.78 is 1.87. The molecule has 3 aromatic rings. The van der Waals surface area contributed by atoms with Crippen LogP contribution < -0.4 is 0 Å². The molecule has 0 N–H and O–H groups in total. The highest BCUT2D eigenvalue weighted by molar-refractivity contribution is 5.98. The number of rotatable bonds is 10. The summed E-state index contributed by atoms with van der Waals surface area (Å²) in [6, 6.07) is 19.9. The first kappa shape index (κ1) is 22.8. The van der Waals surface area contributed by atoms with Gasteiger partial charge in [0, 0.05) is 13.1 Å². The minimum absolute atomic E-state index is 0.0554. The molecular weight excluding hydrogens is 394 g/mol. The van der Waals surface area contributed by atoms with Crippen LogP contribution in [0.2, 0.25) is 0 Å². The van der Waals surface area contributed by atoms with Gasteiger partial charge in [0.1, 0.15) is 0 Å². The van der Waals surface area contributed by atoms with Crippen LogP contribution in [0.1, 0.15) is 34.2 Å². The molecule has 0 fully saturated rings. The molecule has 0 aliphatic carbocycles. The van der Waals surface area contributed by atoms with Gasteiger partial charge in [-0.25, -0.2) is 4.68 Å². The summed E-state index contributed by atoms with van der Waals surface area (Å²) in [5.41, 5.74) is 4.15. The maximum Gasteiger partial charge on any atom is 0.258 e. The number of carbonyl (C=O) groups excluding carboxylic acids is 1. The van der Waals surface area contributed by atoms with Crippen LogP contribution in [0, 0.1) is 0 Å². The zero-order valence-electron chi connectivity index (χ0n) is 18.5. The summed E-state index contributed by atoms with van der Waals surface area (Å²) in [6.45, 7) is 10.6. The summed E-state index contributed by atoms with van der Waals surface area (Å²) >= 11 is 0. The minimum atomic E-state index is -0.0554. The van der Waals surface area contributed by atoms with Gasteiger partial charge in [-0.2, -0.15) is 5.10 Å². The number of amides is 1. The average Bonchev–Trinajstić information content (AvgIpc) is 3.21. The molecule has 0 atom stereocenters. The summed E-state index contributed by atoms with van der Waals surface area (Å²) in [5, 5.41) is 4.82. The van der Waals surface area contributed by atoms with Crippen molar-refractivity contribution in [1.29, 1.82) is 0 Å². The fourth-order valence-electron chi connectivity index (χ4n) is 3.56. The highest BCUT2D eigenvalue weighted by Crippen LogP contribution is 2.24. The number of hydrogen-bond donors (Lipinski definition) is 0. The number of allylic oxidation sites excluding steroid dienone is 4. The lowest BCUT2D eigenvalue weighted by Gasteiger charge is -2.22. The molecule has 4 nitrogen and oxygen atoms in total. The van der Waals surface area contributed by atoms with E-state index in [-0.39, 0.29) is 5.91 Å². The topological polar surface area (TPSA) is 38.1 Å². The van der Waals surface area contributed by atoms with Crippen molar-refractivity contribution in [3.63, 3.8) is 0 Å². The van der Waals surface area contributed by atoms with Crippen molar-refractivity contribution in [3.8, 4) is 5.69 Å². The van der Waals surface area contributed by atoms with Gasteiger partial charge in [-0.3, -0.25) is 4.79 Å². The first-order chi connectivity index (χ1) is 15.7. The number of para-hydroxylation sites is 1. The van der Waals surface area contributed by atoms with Gasteiger partial charge >= 0.3 is 0 Å². The van der Waals surface area contributed by atoms with Crippen LogP contribution in [0.5, 0.6) is 0 Å². The van der Waals surface area contributed by atoms with E-state index in [4.69, 9.17) is 5.10 Å². The maximum absolute atomic E-state index is 13.8. The van der Waals surface area contributed by atoms with Crippen molar-refractivity contribution in [2.24, 2.45) is 0 Å². The van der Waals surface area contributed by atoms with E-state index in [1.165, 1.54) is 0 Å². The van der Waals surface area contributed by atoms with Crippen LogP contribution in [0.3, 0.4) is 0 Å². The standard InChI is InChI=1S/C28H29N3O/c1-4-7-8-15-20-25-27(26(6-3)31(29-25)24-18-13-10-14-19-24)28(32)30(21-5-2)22-23-16-11-9-12-17-23/h4-5,7-20H,1-2,6,21-22H2,3H3/b8-7-,20-15+. The van der Waals surface area contributed by atoms with E-state index in [2.05, 4.69) is 13.2 Å². The molecular formula is C28H29N3O. The summed E-state index contributed by atoms with van der Waals surface area (Å²) in [6.07, 6.45) is 11.6. The largest absolute Gasteiger partial charge is 0.330 e. The Morgan fingerprint density at radius 1 is 1.00 bits per heavy atom.